The van der Waals surface area contributed by atoms with Crippen molar-refractivity contribution in [3.8, 4) is 0 Å². The topological polar surface area (TPSA) is 84.7 Å². The van der Waals surface area contributed by atoms with Crippen molar-refractivity contribution < 1.29 is 18.7 Å². The van der Waals surface area contributed by atoms with Gasteiger partial charge in [-0.1, -0.05) is 0 Å². The Hall–Kier alpha value is -2.15. The molecule has 1 heterocycles. The third-order valence-corrected chi connectivity index (χ3v) is 3.30. The minimum Gasteiger partial charge on any atom is -0.396 e. The molecule has 0 aromatic heterocycles. The second-order valence-electron chi connectivity index (χ2n) is 4.87. The van der Waals surface area contributed by atoms with Crippen LogP contribution in [-0.2, 0) is 9.53 Å². The van der Waals surface area contributed by atoms with Gasteiger partial charge in [-0.15, -0.1) is 0 Å². The first kappa shape index (κ1) is 15.2. The van der Waals surface area contributed by atoms with Crippen molar-refractivity contribution in [2.75, 3.05) is 32.0 Å². The molecular weight excluding hydrogens is 277 g/mol. The van der Waals surface area contributed by atoms with E-state index in [1.165, 1.54) is 12.1 Å². The fourth-order valence-electron chi connectivity index (χ4n) is 2.07. The number of nitrogen functional groups attached to an aromatic ring is 1. The first-order valence-corrected chi connectivity index (χ1v) is 6.71. The molecule has 1 aliphatic rings. The van der Waals surface area contributed by atoms with Crippen LogP contribution in [0.5, 0.6) is 0 Å². The summed E-state index contributed by atoms with van der Waals surface area (Å²) in [6.07, 6.45) is 0. The van der Waals surface area contributed by atoms with Crippen molar-refractivity contribution in [1.82, 2.24) is 10.2 Å². The van der Waals surface area contributed by atoms with Crippen molar-refractivity contribution in [3.63, 3.8) is 0 Å². The summed E-state index contributed by atoms with van der Waals surface area (Å²) in [4.78, 5) is 25.8. The number of halogens is 1. The van der Waals surface area contributed by atoms with Crippen LogP contribution in [0, 0.1) is 5.82 Å². The summed E-state index contributed by atoms with van der Waals surface area (Å²) in [7, 11) is 0. The van der Waals surface area contributed by atoms with Gasteiger partial charge in [0.2, 0.25) is 5.91 Å². The molecule has 0 radical (unpaired) electrons. The number of rotatable bonds is 3. The summed E-state index contributed by atoms with van der Waals surface area (Å²) in [5.41, 5.74) is 5.46. The van der Waals surface area contributed by atoms with Gasteiger partial charge in [0.1, 0.15) is 11.9 Å². The van der Waals surface area contributed by atoms with E-state index in [0.29, 0.717) is 26.3 Å². The molecule has 114 valence electrons. The Morgan fingerprint density at radius 2 is 2.05 bits per heavy atom. The predicted octanol–water partition coefficient (Wildman–Crippen LogP) is 0.385. The molecule has 1 aromatic rings. The fraction of sp³-hybridized carbons (Fsp3) is 0.429. The first-order chi connectivity index (χ1) is 9.99. The quantitative estimate of drug-likeness (QED) is 0.790. The van der Waals surface area contributed by atoms with Gasteiger partial charge in [-0.2, -0.15) is 0 Å². The van der Waals surface area contributed by atoms with Crippen LogP contribution in [0.3, 0.4) is 0 Å². The number of morpholine rings is 1. The number of nitrogens with zero attached hydrogens (tertiary/aromatic N) is 1. The van der Waals surface area contributed by atoms with Gasteiger partial charge in [0.15, 0.2) is 0 Å². The van der Waals surface area contributed by atoms with Gasteiger partial charge in [0.25, 0.3) is 5.91 Å². The van der Waals surface area contributed by atoms with Crippen LogP contribution in [0.4, 0.5) is 10.1 Å². The number of benzene rings is 1. The molecular formula is C14H18FN3O3. The molecule has 0 saturated carbocycles. The Morgan fingerprint density at radius 3 is 2.67 bits per heavy atom. The van der Waals surface area contributed by atoms with E-state index in [1.807, 2.05) is 0 Å². The zero-order valence-electron chi connectivity index (χ0n) is 11.8. The van der Waals surface area contributed by atoms with Gasteiger partial charge in [-0.3, -0.25) is 9.59 Å². The minimum absolute atomic E-state index is 0.0241. The van der Waals surface area contributed by atoms with Gasteiger partial charge in [-0.25, -0.2) is 4.39 Å². The molecule has 0 aliphatic carbocycles. The Bertz CT molecular complexity index is 544. The molecule has 2 rings (SSSR count). The normalized spacial score (nSPS) is 16.4. The van der Waals surface area contributed by atoms with Crippen LogP contribution in [-0.4, -0.2) is 49.1 Å². The highest BCUT2D eigenvalue weighted by molar-refractivity contribution is 5.97. The zero-order chi connectivity index (χ0) is 15.4. The SMILES string of the molecule is CC(NC(=O)c1ccc(N)c(F)c1)C(=O)N1CCOCC1. The maximum Gasteiger partial charge on any atom is 0.252 e. The summed E-state index contributed by atoms with van der Waals surface area (Å²) in [6.45, 7) is 3.61. The number of nitrogens with one attached hydrogen (secondary N) is 1. The molecule has 21 heavy (non-hydrogen) atoms. The molecule has 1 aliphatic heterocycles. The lowest BCUT2D eigenvalue weighted by molar-refractivity contribution is -0.136. The number of ether oxygens (including phenoxy) is 1. The van der Waals surface area contributed by atoms with Crippen molar-refractivity contribution in [3.05, 3.63) is 29.6 Å². The summed E-state index contributed by atoms with van der Waals surface area (Å²) < 4.78 is 18.5. The molecule has 7 heteroatoms. The van der Waals surface area contributed by atoms with Crippen LogP contribution < -0.4 is 11.1 Å². The zero-order valence-corrected chi connectivity index (χ0v) is 11.8. The van der Waals surface area contributed by atoms with E-state index in [-0.39, 0.29) is 17.2 Å². The van der Waals surface area contributed by atoms with Crippen LogP contribution in [0.2, 0.25) is 0 Å². The smallest absolute Gasteiger partial charge is 0.252 e. The molecule has 0 spiro atoms. The Kier molecular flexibility index (Phi) is 4.74. The Morgan fingerprint density at radius 1 is 1.38 bits per heavy atom. The number of carbonyl (C=O) groups is 2. The molecule has 0 bridgehead atoms. The Labute approximate surface area is 122 Å². The molecule has 2 amide bonds. The summed E-state index contributed by atoms with van der Waals surface area (Å²) in [6, 6.07) is 3.10. The largest absolute Gasteiger partial charge is 0.396 e. The van der Waals surface area contributed by atoms with Crippen molar-refractivity contribution in [2.24, 2.45) is 0 Å². The number of anilines is 1. The minimum atomic E-state index is -0.684. The lowest BCUT2D eigenvalue weighted by atomic mass is 10.1. The first-order valence-electron chi connectivity index (χ1n) is 6.71. The van der Waals surface area contributed by atoms with E-state index in [0.717, 1.165) is 6.07 Å². The van der Waals surface area contributed by atoms with E-state index in [4.69, 9.17) is 10.5 Å². The maximum absolute atomic E-state index is 13.3. The highest BCUT2D eigenvalue weighted by Gasteiger charge is 2.24. The van der Waals surface area contributed by atoms with Crippen LogP contribution in [0.15, 0.2) is 18.2 Å². The highest BCUT2D eigenvalue weighted by atomic mass is 19.1. The fourth-order valence-corrected chi connectivity index (χ4v) is 2.07. The maximum atomic E-state index is 13.3. The van der Waals surface area contributed by atoms with E-state index in [9.17, 15) is 14.0 Å². The predicted molar refractivity (Wildman–Crippen MR) is 75.1 cm³/mol. The van der Waals surface area contributed by atoms with Crippen molar-refractivity contribution in [2.45, 2.75) is 13.0 Å². The molecule has 1 unspecified atom stereocenters. The molecule has 1 atom stereocenters. The molecule has 3 N–H and O–H groups in total. The standard InChI is InChI=1S/C14H18FN3O3/c1-9(14(20)18-4-6-21-7-5-18)17-13(19)10-2-3-12(16)11(15)8-10/h2-3,8-9H,4-7,16H2,1H3,(H,17,19). The Balaban J connectivity index is 1.97. The van der Waals surface area contributed by atoms with Crippen molar-refractivity contribution >= 4 is 17.5 Å². The lowest BCUT2D eigenvalue weighted by Gasteiger charge is -2.29. The number of hydrogen-bond acceptors (Lipinski definition) is 4. The van der Waals surface area contributed by atoms with Gasteiger partial charge >= 0.3 is 0 Å². The molecule has 1 aromatic carbocycles. The van der Waals surface area contributed by atoms with Crippen LogP contribution in [0.25, 0.3) is 0 Å². The van der Waals surface area contributed by atoms with Crippen LogP contribution in [0.1, 0.15) is 17.3 Å². The number of carbonyl (C=O) groups excluding carboxylic acids is 2. The number of hydrogen-bond donors (Lipinski definition) is 2. The second-order valence-corrected chi connectivity index (χ2v) is 4.87. The van der Waals surface area contributed by atoms with Gasteiger partial charge in [-0.05, 0) is 25.1 Å². The van der Waals surface area contributed by atoms with E-state index < -0.39 is 17.8 Å². The average Bonchev–Trinajstić information content (AvgIpc) is 2.50. The van der Waals surface area contributed by atoms with Gasteiger partial charge in [0, 0.05) is 18.7 Å². The van der Waals surface area contributed by atoms with E-state index in [2.05, 4.69) is 5.32 Å². The third-order valence-electron chi connectivity index (χ3n) is 3.30. The molecule has 1 saturated heterocycles. The summed E-state index contributed by atoms with van der Waals surface area (Å²) in [5, 5.41) is 2.56. The number of amides is 2. The number of nitrogens with two attached hydrogens (primary N) is 1. The summed E-state index contributed by atoms with van der Waals surface area (Å²) >= 11 is 0. The molecule has 1 fully saturated rings. The summed E-state index contributed by atoms with van der Waals surface area (Å²) in [5.74, 6) is -1.35. The van der Waals surface area contributed by atoms with Crippen LogP contribution >= 0.6 is 0 Å². The van der Waals surface area contributed by atoms with Crippen molar-refractivity contribution in [1.29, 1.82) is 0 Å². The van der Waals surface area contributed by atoms with E-state index in [1.54, 1.807) is 11.8 Å². The second kappa shape index (κ2) is 6.53. The lowest BCUT2D eigenvalue weighted by Crippen LogP contribution is -2.50. The average molecular weight is 295 g/mol. The van der Waals surface area contributed by atoms with Gasteiger partial charge < -0.3 is 20.7 Å². The monoisotopic (exact) mass is 295 g/mol. The highest BCUT2D eigenvalue weighted by Crippen LogP contribution is 2.12. The van der Waals surface area contributed by atoms with E-state index >= 15 is 0 Å². The third kappa shape index (κ3) is 3.69. The van der Waals surface area contributed by atoms with Gasteiger partial charge in [0.05, 0.1) is 18.9 Å². The molecule has 6 nitrogen and oxygen atoms in total.